The van der Waals surface area contributed by atoms with Crippen LogP contribution in [0.5, 0.6) is 0 Å². The van der Waals surface area contributed by atoms with Crippen molar-refractivity contribution in [2.75, 3.05) is 13.2 Å². The lowest BCUT2D eigenvalue weighted by Crippen LogP contribution is -2.60. The number of aromatic nitrogens is 1. The van der Waals surface area contributed by atoms with E-state index in [2.05, 4.69) is 4.98 Å². The van der Waals surface area contributed by atoms with E-state index in [4.69, 9.17) is 9.47 Å². The highest BCUT2D eigenvalue weighted by Gasteiger charge is 2.45. The van der Waals surface area contributed by atoms with Crippen LogP contribution in [0.15, 0.2) is 18.5 Å². The second-order valence-corrected chi connectivity index (χ2v) is 8.02. The Morgan fingerprint density at radius 3 is 2.40 bits per heavy atom. The van der Waals surface area contributed by atoms with Crippen molar-refractivity contribution in [2.24, 2.45) is 5.92 Å². The summed E-state index contributed by atoms with van der Waals surface area (Å²) in [5.41, 5.74) is 1.09. The lowest BCUT2D eigenvalue weighted by atomic mass is 9.81. The topological polar surface area (TPSA) is 68.7 Å². The van der Waals surface area contributed by atoms with E-state index in [-0.39, 0.29) is 29.9 Å². The first-order valence-corrected chi connectivity index (χ1v) is 8.79. The van der Waals surface area contributed by atoms with Gasteiger partial charge in [-0.25, -0.2) is 4.79 Å². The van der Waals surface area contributed by atoms with Crippen LogP contribution >= 0.6 is 0 Å². The third-order valence-electron chi connectivity index (χ3n) is 4.66. The van der Waals surface area contributed by atoms with Gasteiger partial charge >= 0.3 is 6.09 Å². The molecule has 6 nitrogen and oxygen atoms in total. The fourth-order valence-electron chi connectivity index (χ4n) is 3.67. The van der Waals surface area contributed by atoms with Crippen LogP contribution in [0.2, 0.25) is 0 Å². The fraction of sp³-hybridized carbons (Fsp3) is 0.632. The van der Waals surface area contributed by atoms with Crippen molar-refractivity contribution in [2.45, 2.75) is 58.2 Å². The molecule has 6 heteroatoms. The van der Waals surface area contributed by atoms with Crippen molar-refractivity contribution in [3.05, 3.63) is 29.6 Å². The lowest BCUT2D eigenvalue weighted by Gasteiger charge is -2.47. The maximum atomic E-state index is 12.9. The monoisotopic (exact) mass is 346 g/mol. The summed E-state index contributed by atoms with van der Waals surface area (Å²) in [6, 6.07) is 1.64. The van der Waals surface area contributed by atoms with E-state index in [1.807, 2.05) is 33.8 Å². The van der Waals surface area contributed by atoms with Crippen molar-refractivity contribution >= 4 is 11.9 Å². The molecule has 0 aliphatic carbocycles. The summed E-state index contributed by atoms with van der Waals surface area (Å²) in [6.07, 6.45) is 4.26. The Kier molecular flexibility index (Phi) is 4.82. The molecule has 1 aromatic rings. The van der Waals surface area contributed by atoms with E-state index in [9.17, 15) is 9.59 Å². The molecule has 0 N–H and O–H groups in total. The summed E-state index contributed by atoms with van der Waals surface area (Å²) in [4.78, 5) is 31.4. The first-order chi connectivity index (χ1) is 11.7. The molecule has 136 valence electrons. The van der Waals surface area contributed by atoms with Crippen molar-refractivity contribution in [3.63, 3.8) is 0 Å². The number of hydrogen-bond acceptors (Lipinski definition) is 5. The Morgan fingerprint density at radius 1 is 1.20 bits per heavy atom. The largest absolute Gasteiger partial charge is 0.444 e. The SMILES string of the molecule is Cc1cncc(C(=O)C2CC3COCC(C2)N3C(=O)OC(C)(C)C)c1. The number of ether oxygens (including phenoxy) is 2. The van der Waals surface area contributed by atoms with Gasteiger partial charge in [0.05, 0.1) is 25.3 Å². The van der Waals surface area contributed by atoms with Gasteiger partial charge in [0.25, 0.3) is 0 Å². The number of ketones is 1. The molecule has 2 fully saturated rings. The Morgan fingerprint density at radius 2 is 1.84 bits per heavy atom. The predicted molar refractivity (Wildman–Crippen MR) is 92.5 cm³/mol. The highest BCUT2D eigenvalue weighted by molar-refractivity contribution is 5.98. The first kappa shape index (κ1) is 17.9. The van der Waals surface area contributed by atoms with Crippen LogP contribution in [0.3, 0.4) is 0 Å². The number of Topliss-reactive ketones (excluding diaryl/α,β-unsaturated/α-hetero) is 1. The third-order valence-corrected chi connectivity index (χ3v) is 4.66. The molecule has 2 aliphatic heterocycles. The molecule has 0 saturated carbocycles. The van der Waals surface area contributed by atoms with Crippen LogP contribution in [0, 0.1) is 12.8 Å². The highest BCUT2D eigenvalue weighted by atomic mass is 16.6. The molecule has 0 aromatic carbocycles. The van der Waals surface area contributed by atoms with Crippen LogP contribution < -0.4 is 0 Å². The number of nitrogens with zero attached hydrogens (tertiary/aromatic N) is 2. The fourth-order valence-corrected chi connectivity index (χ4v) is 3.67. The lowest BCUT2D eigenvalue weighted by molar-refractivity contribution is -0.0861. The zero-order valence-electron chi connectivity index (χ0n) is 15.3. The van der Waals surface area contributed by atoms with Crippen LogP contribution in [-0.4, -0.2) is 52.7 Å². The second kappa shape index (κ2) is 6.75. The van der Waals surface area contributed by atoms with Gasteiger partial charge in [-0.05, 0) is 52.2 Å². The van der Waals surface area contributed by atoms with Crippen molar-refractivity contribution in [3.8, 4) is 0 Å². The average Bonchev–Trinajstić information content (AvgIpc) is 2.51. The zero-order chi connectivity index (χ0) is 18.2. The van der Waals surface area contributed by atoms with Gasteiger partial charge in [-0.1, -0.05) is 0 Å². The zero-order valence-corrected chi connectivity index (χ0v) is 15.3. The number of piperidine rings is 1. The van der Waals surface area contributed by atoms with E-state index in [0.29, 0.717) is 31.6 Å². The predicted octanol–water partition coefficient (Wildman–Crippen LogP) is 2.99. The summed E-state index contributed by atoms with van der Waals surface area (Å²) in [5, 5.41) is 0. The summed E-state index contributed by atoms with van der Waals surface area (Å²) >= 11 is 0. The molecule has 1 amide bonds. The molecule has 3 heterocycles. The minimum atomic E-state index is -0.536. The standard InChI is InChI=1S/C19H26N2O4/c1-12-5-14(9-20-8-12)17(22)13-6-15-10-24-11-16(7-13)21(15)18(23)25-19(2,3)4/h5,8-9,13,15-16H,6-7,10-11H2,1-4H3. The number of fused-ring (bicyclic) bond motifs is 2. The maximum absolute atomic E-state index is 12.9. The molecule has 2 saturated heterocycles. The van der Waals surface area contributed by atoms with Gasteiger partial charge in [0.2, 0.25) is 0 Å². The van der Waals surface area contributed by atoms with E-state index in [1.165, 1.54) is 0 Å². The molecule has 25 heavy (non-hydrogen) atoms. The minimum absolute atomic E-state index is 0.108. The number of carbonyl (C=O) groups excluding carboxylic acids is 2. The van der Waals surface area contributed by atoms with E-state index in [1.54, 1.807) is 17.3 Å². The van der Waals surface area contributed by atoms with Gasteiger partial charge < -0.3 is 9.47 Å². The van der Waals surface area contributed by atoms with Gasteiger partial charge in [0.1, 0.15) is 5.60 Å². The van der Waals surface area contributed by atoms with Gasteiger partial charge in [-0.3, -0.25) is 14.7 Å². The van der Waals surface area contributed by atoms with Gasteiger partial charge in [0.15, 0.2) is 5.78 Å². The first-order valence-electron chi connectivity index (χ1n) is 8.79. The van der Waals surface area contributed by atoms with Gasteiger partial charge in [-0.15, -0.1) is 0 Å². The van der Waals surface area contributed by atoms with Gasteiger partial charge in [-0.2, -0.15) is 0 Å². The van der Waals surface area contributed by atoms with Crippen molar-refractivity contribution < 1.29 is 19.1 Å². The van der Waals surface area contributed by atoms with E-state index in [0.717, 1.165) is 5.56 Å². The van der Waals surface area contributed by atoms with Gasteiger partial charge in [0, 0.05) is 23.9 Å². The Labute approximate surface area is 148 Å². The van der Waals surface area contributed by atoms with Crippen LogP contribution in [0.1, 0.15) is 49.5 Å². The molecular weight excluding hydrogens is 320 g/mol. The normalized spacial score (nSPS) is 26.2. The van der Waals surface area contributed by atoms with Crippen molar-refractivity contribution in [1.82, 2.24) is 9.88 Å². The van der Waals surface area contributed by atoms with Crippen LogP contribution in [-0.2, 0) is 9.47 Å². The minimum Gasteiger partial charge on any atom is -0.444 e. The summed E-state index contributed by atoms with van der Waals surface area (Å²) < 4.78 is 11.2. The number of carbonyl (C=O) groups is 2. The van der Waals surface area contributed by atoms with Crippen LogP contribution in [0.25, 0.3) is 0 Å². The van der Waals surface area contributed by atoms with E-state index >= 15 is 0 Å². The second-order valence-electron chi connectivity index (χ2n) is 8.02. The summed E-state index contributed by atoms with van der Waals surface area (Å²) in [7, 11) is 0. The highest BCUT2D eigenvalue weighted by Crippen LogP contribution is 2.34. The Hall–Kier alpha value is -1.95. The quantitative estimate of drug-likeness (QED) is 0.770. The number of rotatable bonds is 2. The third kappa shape index (κ3) is 4.00. The number of amides is 1. The number of hydrogen-bond donors (Lipinski definition) is 0. The Balaban J connectivity index is 1.75. The Bertz CT molecular complexity index is 654. The maximum Gasteiger partial charge on any atom is 0.410 e. The molecule has 2 aliphatic rings. The summed E-state index contributed by atoms with van der Waals surface area (Å²) in [5.74, 6) is -0.00174. The smallest absolute Gasteiger partial charge is 0.410 e. The molecule has 2 atom stereocenters. The molecule has 3 rings (SSSR count). The number of aryl methyl sites for hydroxylation is 1. The van der Waals surface area contributed by atoms with E-state index < -0.39 is 5.60 Å². The van der Waals surface area contributed by atoms with Crippen molar-refractivity contribution in [1.29, 1.82) is 0 Å². The molecule has 0 spiro atoms. The molecule has 2 bridgehead atoms. The summed E-state index contributed by atoms with van der Waals surface area (Å²) in [6.45, 7) is 8.41. The molecular formula is C19H26N2O4. The number of pyridine rings is 1. The molecule has 1 aromatic heterocycles. The average molecular weight is 346 g/mol. The number of morpholine rings is 1. The van der Waals surface area contributed by atoms with Crippen LogP contribution in [0.4, 0.5) is 4.79 Å². The molecule has 0 radical (unpaired) electrons. The molecule has 2 unspecified atom stereocenters.